The third-order valence-electron chi connectivity index (χ3n) is 6.48. The van der Waals surface area contributed by atoms with E-state index in [9.17, 15) is 26.4 Å². The maximum atomic E-state index is 12.4. The van der Waals surface area contributed by atoms with Gasteiger partial charge in [-0.25, -0.2) is 35.8 Å². The van der Waals surface area contributed by atoms with E-state index in [0.717, 1.165) is 24.7 Å². The Bertz CT molecular complexity index is 1770. The summed E-state index contributed by atoms with van der Waals surface area (Å²) >= 11 is 0. The Morgan fingerprint density at radius 1 is 0.738 bits per heavy atom. The van der Waals surface area contributed by atoms with E-state index in [4.69, 9.17) is 20.9 Å². The smallest absolute Gasteiger partial charge is 0.331 e. The predicted molar refractivity (Wildman–Crippen MR) is 152 cm³/mol. The van der Waals surface area contributed by atoms with Gasteiger partial charge in [0.2, 0.25) is 0 Å². The van der Waals surface area contributed by atoms with Crippen LogP contribution >= 0.6 is 0 Å². The number of nitrogens with two attached hydrogens (primary N) is 2. The number of hydrogen-bond acceptors (Lipinski definition) is 12. The fourth-order valence-electron chi connectivity index (χ4n) is 4.09. The molecule has 42 heavy (non-hydrogen) atoms. The Morgan fingerprint density at radius 2 is 1.10 bits per heavy atom. The third kappa shape index (κ3) is 6.67. The first-order valence-electron chi connectivity index (χ1n) is 12.5. The second kappa shape index (κ2) is 11.6. The molecule has 0 spiro atoms. The van der Waals surface area contributed by atoms with Crippen molar-refractivity contribution in [2.45, 2.75) is 48.2 Å². The Kier molecular flexibility index (Phi) is 8.54. The van der Waals surface area contributed by atoms with Crippen LogP contribution < -0.4 is 11.5 Å². The summed E-state index contributed by atoms with van der Waals surface area (Å²) in [5.74, 6) is -1.77. The first-order valence-corrected chi connectivity index (χ1v) is 16.3. The van der Waals surface area contributed by atoms with Gasteiger partial charge in [0.05, 0.1) is 33.2 Å². The van der Waals surface area contributed by atoms with Gasteiger partial charge in [-0.3, -0.25) is 0 Å². The number of hydrogen-bond donors (Lipinski definition) is 2. The average molecular weight is 619 g/mol. The summed E-state index contributed by atoms with van der Waals surface area (Å²) in [7, 11) is -6.94. The Labute approximate surface area is 241 Å². The number of nitrogens with zero attached hydrogens (tertiary/aromatic N) is 4. The summed E-state index contributed by atoms with van der Waals surface area (Å²) in [6, 6.07) is 8.99. The Hall–Kier alpha value is -4.12. The lowest BCUT2D eigenvalue weighted by Crippen LogP contribution is -2.34. The lowest BCUT2D eigenvalue weighted by Gasteiger charge is -2.21. The fraction of sp³-hybridized carbons (Fsp3) is 0.308. The standard InChI is InChI=1S/C26H30N6O8S2/c1-15(25(27)31-21-11-19(41(3,35)36)7-5-17(21)13-29-31)39-23(33)9-10-24(34)40-16(2)26(28)32-22-12-20(42(4,37)38)8-6-18(22)14-30-32/h5-16,25-26H,27-28H2,1-4H3/b10-9+. The van der Waals surface area contributed by atoms with Gasteiger partial charge in [0.15, 0.2) is 19.7 Å². The number of benzene rings is 2. The second-order valence-electron chi connectivity index (χ2n) is 9.76. The number of carbonyl (C=O) groups is 2. The second-order valence-corrected chi connectivity index (χ2v) is 13.8. The van der Waals surface area contributed by atoms with E-state index in [-0.39, 0.29) is 9.79 Å². The van der Waals surface area contributed by atoms with Crippen LogP contribution in [0.15, 0.2) is 70.7 Å². The topological polar surface area (TPSA) is 209 Å². The van der Waals surface area contributed by atoms with Crippen molar-refractivity contribution in [1.29, 1.82) is 0 Å². The zero-order valence-electron chi connectivity index (χ0n) is 23.1. The van der Waals surface area contributed by atoms with E-state index in [1.165, 1.54) is 59.9 Å². The van der Waals surface area contributed by atoms with E-state index in [1.807, 2.05) is 0 Å². The van der Waals surface area contributed by atoms with Crippen LogP contribution in [0.4, 0.5) is 0 Å². The monoisotopic (exact) mass is 618 g/mol. The molecule has 0 aliphatic heterocycles. The summed E-state index contributed by atoms with van der Waals surface area (Å²) in [5, 5.41) is 9.67. The number of sulfone groups is 2. The van der Waals surface area contributed by atoms with Gasteiger partial charge in [-0.15, -0.1) is 0 Å². The van der Waals surface area contributed by atoms with Gasteiger partial charge in [0.1, 0.15) is 24.5 Å². The van der Waals surface area contributed by atoms with Crippen molar-refractivity contribution >= 4 is 53.4 Å². The number of esters is 2. The highest BCUT2D eigenvalue weighted by Gasteiger charge is 2.23. The zero-order valence-corrected chi connectivity index (χ0v) is 24.7. The minimum atomic E-state index is -3.47. The number of rotatable bonds is 10. The fourth-order valence-corrected chi connectivity index (χ4v) is 5.37. The molecule has 2 aromatic heterocycles. The first-order chi connectivity index (χ1) is 19.6. The molecule has 0 fully saturated rings. The maximum Gasteiger partial charge on any atom is 0.331 e. The Morgan fingerprint density at radius 3 is 1.43 bits per heavy atom. The van der Waals surface area contributed by atoms with Crippen LogP contribution in [0.5, 0.6) is 0 Å². The molecule has 4 aromatic rings. The van der Waals surface area contributed by atoms with E-state index in [1.54, 1.807) is 12.1 Å². The maximum absolute atomic E-state index is 12.4. The molecule has 4 N–H and O–H groups in total. The summed E-state index contributed by atoms with van der Waals surface area (Å²) in [6.07, 6.45) is 3.16. The van der Waals surface area contributed by atoms with Crippen molar-refractivity contribution in [1.82, 2.24) is 19.6 Å². The zero-order chi connectivity index (χ0) is 31.0. The SMILES string of the molecule is CC(OC(=O)/C=C/C(=O)OC(C)C(N)n1ncc2ccc(S(C)(=O)=O)cc21)C(N)n1ncc2ccc(S(C)(=O)=O)cc21. The molecule has 14 nitrogen and oxygen atoms in total. The molecule has 0 radical (unpaired) electrons. The highest BCUT2D eigenvalue weighted by molar-refractivity contribution is 7.91. The summed E-state index contributed by atoms with van der Waals surface area (Å²) in [5.41, 5.74) is 13.3. The van der Waals surface area contributed by atoms with Crippen molar-refractivity contribution in [3.63, 3.8) is 0 Å². The van der Waals surface area contributed by atoms with Gasteiger partial charge >= 0.3 is 11.9 Å². The van der Waals surface area contributed by atoms with Crippen molar-refractivity contribution in [2.75, 3.05) is 12.5 Å². The Balaban J connectivity index is 1.38. The van der Waals surface area contributed by atoms with Gasteiger partial charge < -0.3 is 20.9 Å². The number of carbonyl (C=O) groups excluding carboxylic acids is 2. The molecule has 0 aliphatic rings. The molecule has 0 bridgehead atoms. The molecule has 2 aromatic carbocycles. The van der Waals surface area contributed by atoms with Gasteiger partial charge in [-0.1, -0.05) is 0 Å². The highest BCUT2D eigenvalue weighted by Crippen LogP contribution is 2.24. The number of ether oxygens (including phenoxy) is 2. The van der Waals surface area contributed by atoms with Crippen molar-refractivity contribution in [3.8, 4) is 0 Å². The van der Waals surface area contributed by atoms with Crippen LogP contribution in [0.3, 0.4) is 0 Å². The van der Waals surface area contributed by atoms with Crippen LogP contribution in [0.25, 0.3) is 21.8 Å². The minimum absolute atomic E-state index is 0.0865. The molecular weight excluding hydrogens is 588 g/mol. The van der Waals surface area contributed by atoms with Crippen LogP contribution in [-0.2, 0) is 38.7 Å². The molecule has 16 heteroatoms. The largest absolute Gasteiger partial charge is 0.456 e. The van der Waals surface area contributed by atoms with E-state index in [0.29, 0.717) is 21.8 Å². The molecule has 4 atom stereocenters. The van der Waals surface area contributed by atoms with Gasteiger partial charge in [-0.2, -0.15) is 10.2 Å². The summed E-state index contributed by atoms with van der Waals surface area (Å²) in [4.78, 5) is 24.9. The average Bonchev–Trinajstić information content (AvgIpc) is 3.53. The van der Waals surface area contributed by atoms with Crippen molar-refractivity contribution in [3.05, 3.63) is 60.9 Å². The van der Waals surface area contributed by atoms with Gasteiger partial charge in [0.25, 0.3) is 0 Å². The van der Waals surface area contributed by atoms with Crippen LogP contribution in [-0.4, -0.2) is 73.1 Å². The third-order valence-corrected chi connectivity index (χ3v) is 8.70. The molecule has 0 saturated carbocycles. The molecule has 0 saturated heterocycles. The molecule has 0 aliphatic carbocycles. The minimum Gasteiger partial charge on any atom is -0.456 e. The lowest BCUT2D eigenvalue weighted by molar-refractivity contribution is -0.147. The number of aromatic nitrogens is 4. The van der Waals surface area contributed by atoms with Gasteiger partial charge in [0, 0.05) is 35.4 Å². The summed E-state index contributed by atoms with van der Waals surface area (Å²) in [6.45, 7) is 3.04. The van der Waals surface area contributed by atoms with E-state index in [2.05, 4.69) is 10.2 Å². The molecule has 4 unspecified atom stereocenters. The molecule has 224 valence electrons. The molecule has 0 amide bonds. The van der Waals surface area contributed by atoms with Crippen LogP contribution in [0.1, 0.15) is 26.2 Å². The normalized spacial score (nSPS) is 15.5. The molecule has 2 heterocycles. The molecule has 4 rings (SSSR count). The lowest BCUT2D eigenvalue weighted by atomic mass is 10.2. The number of fused-ring (bicyclic) bond motifs is 2. The first kappa shape index (κ1) is 30.8. The van der Waals surface area contributed by atoms with Crippen molar-refractivity contribution < 1.29 is 35.9 Å². The van der Waals surface area contributed by atoms with Gasteiger partial charge in [-0.05, 0) is 50.2 Å². The summed E-state index contributed by atoms with van der Waals surface area (Å²) < 4.78 is 61.1. The van der Waals surface area contributed by atoms with E-state index >= 15 is 0 Å². The van der Waals surface area contributed by atoms with E-state index < -0.39 is 56.2 Å². The van der Waals surface area contributed by atoms with Crippen LogP contribution in [0.2, 0.25) is 0 Å². The van der Waals surface area contributed by atoms with Crippen molar-refractivity contribution in [2.24, 2.45) is 11.5 Å². The predicted octanol–water partition coefficient (Wildman–Crippen LogP) is 1.23. The quantitative estimate of drug-likeness (QED) is 0.190. The highest BCUT2D eigenvalue weighted by atomic mass is 32.2. The molecular formula is C26H30N6O8S2. The van der Waals surface area contributed by atoms with Crippen LogP contribution in [0, 0.1) is 0 Å².